The summed E-state index contributed by atoms with van der Waals surface area (Å²) in [5.74, 6) is 0.0957. The van der Waals surface area contributed by atoms with Gasteiger partial charge in [-0.3, -0.25) is 0 Å². The highest BCUT2D eigenvalue weighted by molar-refractivity contribution is 6.64. The quantitative estimate of drug-likeness (QED) is 0.783. The molecule has 0 atom stereocenters. The van der Waals surface area contributed by atoms with E-state index in [1.807, 2.05) is 27.7 Å². The van der Waals surface area contributed by atoms with Crippen molar-refractivity contribution in [2.24, 2.45) is 0 Å². The minimum atomic E-state index is -0.681. The smallest absolute Gasteiger partial charge is 0.399 e. The van der Waals surface area contributed by atoms with Gasteiger partial charge in [-0.2, -0.15) is 0 Å². The molecule has 0 bridgehead atoms. The first-order chi connectivity index (χ1) is 10.6. The van der Waals surface area contributed by atoms with Crippen LogP contribution in [-0.2, 0) is 9.31 Å². The Labute approximate surface area is 140 Å². The molecule has 0 spiro atoms. The van der Waals surface area contributed by atoms with Crippen molar-refractivity contribution in [2.45, 2.75) is 45.8 Å². The van der Waals surface area contributed by atoms with Gasteiger partial charge < -0.3 is 13.8 Å². The molecular weight excluding hydrogens is 319 g/mol. The zero-order chi connectivity index (χ0) is 17.0. The lowest BCUT2D eigenvalue weighted by Crippen LogP contribution is -2.41. The van der Waals surface area contributed by atoms with E-state index in [2.05, 4.69) is 5.16 Å². The van der Waals surface area contributed by atoms with E-state index in [1.54, 1.807) is 6.92 Å². The van der Waals surface area contributed by atoms with Gasteiger partial charge in [0.1, 0.15) is 17.3 Å². The van der Waals surface area contributed by atoms with Gasteiger partial charge in [0.05, 0.1) is 16.7 Å². The summed E-state index contributed by atoms with van der Waals surface area (Å²) in [6.07, 6.45) is 0. The van der Waals surface area contributed by atoms with E-state index in [0.717, 1.165) is 0 Å². The van der Waals surface area contributed by atoms with Crippen LogP contribution in [0.1, 0.15) is 33.5 Å². The van der Waals surface area contributed by atoms with Crippen molar-refractivity contribution in [3.8, 4) is 11.3 Å². The molecule has 0 radical (unpaired) electrons. The van der Waals surface area contributed by atoms with Crippen LogP contribution in [0, 0.1) is 12.7 Å². The number of aryl methyl sites for hydroxylation is 1. The van der Waals surface area contributed by atoms with Gasteiger partial charge in [-0.1, -0.05) is 16.8 Å². The van der Waals surface area contributed by atoms with Crippen molar-refractivity contribution < 1.29 is 18.2 Å². The average molecular weight is 338 g/mol. The highest BCUT2D eigenvalue weighted by Gasteiger charge is 2.53. The van der Waals surface area contributed by atoms with E-state index in [4.69, 9.17) is 25.4 Å². The number of rotatable bonds is 2. The van der Waals surface area contributed by atoms with Crippen molar-refractivity contribution >= 4 is 24.2 Å². The minimum absolute atomic E-state index is 0.263. The molecule has 1 fully saturated rings. The molecule has 1 saturated heterocycles. The number of aromatic nitrogens is 1. The van der Waals surface area contributed by atoms with E-state index in [9.17, 15) is 4.39 Å². The maximum atomic E-state index is 14.2. The monoisotopic (exact) mass is 337 g/mol. The summed E-state index contributed by atoms with van der Waals surface area (Å²) in [5.41, 5.74) is 0.182. The Bertz CT molecular complexity index is 744. The second-order valence-electron chi connectivity index (χ2n) is 6.71. The summed E-state index contributed by atoms with van der Waals surface area (Å²) in [6, 6.07) is 4.31. The molecule has 3 rings (SSSR count). The summed E-state index contributed by atoms with van der Waals surface area (Å²) in [4.78, 5) is 0. The van der Waals surface area contributed by atoms with E-state index < -0.39 is 24.1 Å². The van der Waals surface area contributed by atoms with Gasteiger partial charge in [0.25, 0.3) is 0 Å². The molecular formula is C16H18BClFNO3. The fraction of sp³-hybridized carbons (Fsp3) is 0.438. The Balaban J connectivity index is 2.09. The van der Waals surface area contributed by atoms with Gasteiger partial charge in [0, 0.05) is 10.6 Å². The van der Waals surface area contributed by atoms with Gasteiger partial charge in [0.2, 0.25) is 0 Å². The molecule has 1 aromatic carbocycles. The van der Waals surface area contributed by atoms with Crippen LogP contribution in [-0.4, -0.2) is 23.5 Å². The first-order valence-electron chi connectivity index (χ1n) is 7.39. The molecule has 2 heterocycles. The van der Waals surface area contributed by atoms with Crippen molar-refractivity contribution in [3.63, 3.8) is 0 Å². The number of nitrogens with zero attached hydrogens (tertiary/aromatic N) is 1. The van der Waals surface area contributed by atoms with Crippen molar-refractivity contribution in [1.82, 2.24) is 5.16 Å². The molecule has 0 amide bonds. The van der Waals surface area contributed by atoms with Gasteiger partial charge in [0.15, 0.2) is 0 Å². The van der Waals surface area contributed by atoms with E-state index in [1.165, 1.54) is 18.2 Å². The maximum Gasteiger partial charge on any atom is 0.500 e. The van der Waals surface area contributed by atoms with Crippen LogP contribution < -0.4 is 5.46 Å². The number of benzene rings is 1. The molecule has 2 aromatic rings. The van der Waals surface area contributed by atoms with Gasteiger partial charge in [-0.05, 0) is 52.8 Å². The average Bonchev–Trinajstić information content (AvgIpc) is 2.90. The molecule has 23 heavy (non-hydrogen) atoms. The third-order valence-corrected chi connectivity index (χ3v) is 4.82. The van der Waals surface area contributed by atoms with Gasteiger partial charge >= 0.3 is 7.12 Å². The van der Waals surface area contributed by atoms with E-state index >= 15 is 0 Å². The summed E-state index contributed by atoms with van der Waals surface area (Å²) < 4.78 is 31.6. The molecule has 4 nitrogen and oxygen atoms in total. The predicted molar refractivity (Wildman–Crippen MR) is 87.4 cm³/mol. The maximum absolute atomic E-state index is 14.2. The normalized spacial score (nSPS) is 19.3. The zero-order valence-corrected chi connectivity index (χ0v) is 14.5. The third-order valence-electron chi connectivity index (χ3n) is 4.58. The molecule has 0 aliphatic carbocycles. The molecule has 1 aliphatic rings. The summed E-state index contributed by atoms with van der Waals surface area (Å²) in [5, 5.41) is 4.41. The van der Waals surface area contributed by atoms with Crippen LogP contribution in [0.4, 0.5) is 4.39 Å². The Hall–Kier alpha value is -1.37. The molecule has 7 heteroatoms. The molecule has 1 aliphatic heterocycles. The van der Waals surface area contributed by atoms with Crippen molar-refractivity contribution in [3.05, 3.63) is 34.8 Å². The van der Waals surface area contributed by atoms with Crippen LogP contribution >= 0.6 is 11.6 Å². The lowest BCUT2D eigenvalue weighted by molar-refractivity contribution is 0.00578. The van der Waals surface area contributed by atoms with Crippen molar-refractivity contribution in [1.29, 1.82) is 0 Å². The van der Waals surface area contributed by atoms with E-state index in [0.29, 0.717) is 21.9 Å². The van der Waals surface area contributed by atoms with Crippen LogP contribution in [0.5, 0.6) is 0 Å². The third kappa shape index (κ3) is 2.69. The van der Waals surface area contributed by atoms with Crippen LogP contribution in [0.3, 0.4) is 0 Å². The highest BCUT2D eigenvalue weighted by atomic mass is 35.5. The zero-order valence-electron chi connectivity index (χ0n) is 13.7. The predicted octanol–water partition coefficient (Wildman–Crippen LogP) is 3.74. The van der Waals surface area contributed by atoms with Crippen molar-refractivity contribution in [2.75, 3.05) is 0 Å². The topological polar surface area (TPSA) is 44.5 Å². The second-order valence-corrected chi connectivity index (χ2v) is 7.15. The fourth-order valence-corrected chi connectivity index (χ4v) is 2.66. The SMILES string of the molecule is Cc1onc(-c2cc(Cl)ccc2F)c1B1OC(C)(C)C(C)(C)O1. The first kappa shape index (κ1) is 16.5. The van der Waals surface area contributed by atoms with Gasteiger partial charge in [-0.25, -0.2) is 4.39 Å². The lowest BCUT2D eigenvalue weighted by atomic mass is 9.76. The standard InChI is InChI=1S/C16H18BClFNO3/c1-9-13(17-22-15(2,3)16(4,5)23-17)14(20-21-9)11-8-10(18)6-7-12(11)19/h6-8H,1-5H3. The van der Waals surface area contributed by atoms with E-state index in [-0.39, 0.29) is 5.56 Å². The fourth-order valence-electron chi connectivity index (χ4n) is 2.49. The molecule has 0 saturated carbocycles. The Morgan fingerprint density at radius 3 is 2.35 bits per heavy atom. The highest BCUT2D eigenvalue weighted by Crippen LogP contribution is 2.38. The first-order valence-corrected chi connectivity index (χ1v) is 7.77. The minimum Gasteiger partial charge on any atom is -0.399 e. The van der Waals surface area contributed by atoms with Gasteiger partial charge in [-0.15, -0.1) is 0 Å². The summed E-state index contributed by atoms with van der Waals surface area (Å²) in [6.45, 7) is 9.56. The summed E-state index contributed by atoms with van der Waals surface area (Å²) in [7, 11) is -0.681. The van der Waals surface area contributed by atoms with Crippen LogP contribution in [0.2, 0.25) is 5.02 Å². The second kappa shape index (κ2) is 5.33. The Morgan fingerprint density at radius 2 is 1.74 bits per heavy atom. The number of halogens is 2. The summed E-state index contributed by atoms with van der Waals surface area (Å²) >= 11 is 5.99. The van der Waals surface area contributed by atoms with Crippen LogP contribution in [0.25, 0.3) is 11.3 Å². The number of hydrogen-bond acceptors (Lipinski definition) is 4. The Morgan fingerprint density at radius 1 is 1.13 bits per heavy atom. The Kier molecular flexibility index (Phi) is 3.82. The number of hydrogen-bond donors (Lipinski definition) is 0. The van der Waals surface area contributed by atoms with Crippen LogP contribution in [0.15, 0.2) is 22.7 Å². The molecule has 1 aromatic heterocycles. The molecule has 122 valence electrons. The molecule has 0 N–H and O–H groups in total. The molecule has 0 unspecified atom stereocenters. The lowest BCUT2D eigenvalue weighted by Gasteiger charge is -2.32. The largest absolute Gasteiger partial charge is 0.500 e.